The number of benzene rings is 1. The molecule has 2 aliphatic heterocycles. The summed E-state index contributed by atoms with van der Waals surface area (Å²) in [5.41, 5.74) is 2.65. The first-order chi connectivity index (χ1) is 11.2. The molecule has 5 nitrogen and oxygen atoms in total. The van der Waals surface area contributed by atoms with E-state index in [9.17, 15) is 9.59 Å². The molecule has 1 saturated heterocycles. The van der Waals surface area contributed by atoms with E-state index in [1.165, 1.54) is 0 Å². The van der Waals surface area contributed by atoms with Crippen molar-refractivity contribution in [3.63, 3.8) is 0 Å². The lowest BCUT2D eigenvalue weighted by molar-refractivity contribution is -0.131. The smallest absolute Gasteiger partial charge is 0.226 e. The maximum atomic E-state index is 12.6. The predicted octanol–water partition coefficient (Wildman–Crippen LogP) is 2.35. The molecule has 2 atom stereocenters. The maximum Gasteiger partial charge on any atom is 0.226 e. The number of nitrogens with zero attached hydrogens (tertiary/aromatic N) is 3. The number of carbonyl (C=O) groups is 2. The Morgan fingerprint density at radius 1 is 1.17 bits per heavy atom. The van der Waals surface area contributed by atoms with Gasteiger partial charge in [0.15, 0.2) is 5.78 Å². The SMILES string of the molecule is O=C1CCn2c(C3CC3C(=O)N3CCCC3)nc3cccc1c32. The minimum atomic E-state index is 0.0993. The minimum Gasteiger partial charge on any atom is -0.342 e. The van der Waals surface area contributed by atoms with E-state index in [2.05, 4.69) is 4.57 Å². The van der Waals surface area contributed by atoms with Crippen LogP contribution in [0.4, 0.5) is 0 Å². The molecular formula is C18H19N3O2. The van der Waals surface area contributed by atoms with E-state index in [0.717, 1.165) is 54.8 Å². The van der Waals surface area contributed by atoms with Crippen molar-refractivity contribution in [1.82, 2.24) is 14.5 Å². The number of hydrogen-bond acceptors (Lipinski definition) is 3. The molecule has 2 fully saturated rings. The fourth-order valence-corrected chi connectivity index (χ4v) is 4.21. The van der Waals surface area contributed by atoms with Crippen LogP contribution < -0.4 is 0 Å². The molecule has 5 heteroatoms. The number of aromatic nitrogens is 2. The summed E-state index contributed by atoms with van der Waals surface area (Å²) in [6.07, 6.45) is 3.70. The number of Topliss-reactive ketones (excluding diaryl/α,β-unsaturated/α-hetero) is 1. The van der Waals surface area contributed by atoms with Crippen molar-refractivity contribution in [2.75, 3.05) is 13.1 Å². The molecule has 0 N–H and O–H groups in total. The van der Waals surface area contributed by atoms with Crippen LogP contribution in [0.1, 0.15) is 47.8 Å². The Morgan fingerprint density at radius 3 is 2.83 bits per heavy atom. The Balaban J connectivity index is 1.51. The second-order valence-corrected chi connectivity index (χ2v) is 6.95. The zero-order chi connectivity index (χ0) is 15.6. The molecule has 2 unspecified atom stereocenters. The summed E-state index contributed by atoms with van der Waals surface area (Å²) in [6, 6.07) is 5.77. The number of likely N-dealkylation sites (tertiary alicyclic amines) is 1. The van der Waals surface area contributed by atoms with Crippen LogP contribution in [0.2, 0.25) is 0 Å². The normalized spacial score (nSPS) is 26.1. The van der Waals surface area contributed by atoms with Gasteiger partial charge in [-0.25, -0.2) is 4.98 Å². The van der Waals surface area contributed by atoms with Crippen molar-refractivity contribution in [1.29, 1.82) is 0 Å². The highest BCUT2D eigenvalue weighted by Gasteiger charge is 2.49. The molecule has 5 rings (SSSR count). The molecule has 1 aromatic carbocycles. The number of aryl methyl sites for hydroxylation is 1. The summed E-state index contributed by atoms with van der Waals surface area (Å²) in [5, 5.41) is 0. The highest BCUT2D eigenvalue weighted by molar-refractivity contribution is 6.07. The number of rotatable bonds is 2. The number of hydrogen-bond donors (Lipinski definition) is 0. The third-order valence-electron chi connectivity index (χ3n) is 5.52. The fraction of sp³-hybridized carbons (Fsp3) is 0.500. The lowest BCUT2D eigenvalue weighted by Crippen LogP contribution is -2.29. The summed E-state index contributed by atoms with van der Waals surface area (Å²) in [7, 11) is 0. The zero-order valence-corrected chi connectivity index (χ0v) is 13.0. The van der Waals surface area contributed by atoms with E-state index in [4.69, 9.17) is 4.98 Å². The molecule has 1 aromatic heterocycles. The van der Waals surface area contributed by atoms with E-state index in [-0.39, 0.29) is 17.6 Å². The largest absolute Gasteiger partial charge is 0.342 e. The summed E-state index contributed by atoms with van der Waals surface area (Å²) in [6.45, 7) is 2.52. The minimum absolute atomic E-state index is 0.0993. The first kappa shape index (κ1) is 13.3. The molecular weight excluding hydrogens is 290 g/mol. The van der Waals surface area contributed by atoms with E-state index < -0.39 is 0 Å². The second kappa shape index (κ2) is 4.66. The lowest BCUT2D eigenvalue weighted by atomic mass is 10.0. The summed E-state index contributed by atoms with van der Waals surface area (Å²) in [5.74, 6) is 1.85. The monoisotopic (exact) mass is 309 g/mol. The van der Waals surface area contributed by atoms with Crippen molar-refractivity contribution in [2.45, 2.75) is 38.1 Å². The quantitative estimate of drug-likeness (QED) is 0.855. The van der Waals surface area contributed by atoms with Gasteiger partial charge in [-0.3, -0.25) is 9.59 Å². The number of ketones is 1. The van der Waals surface area contributed by atoms with Crippen molar-refractivity contribution in [3.05, 3.63) is 29.6 Å². The Morgan fingerprint density at radius 2 is 2.00 bits per heavy atom. The lowest BCUT2D eigenvalue weighted by Gasteiger charge is -2.17. The van der Waals surface area contributed by atoms with Gasteiger partial charge in [-0.05, 0) is 31.4 Å². The van der Waals surface area contributed by atoms with E-state index in [1.54, 1.807) is 0 Å². The molecule has 0 bridgehead atoms. The highest BCUT2D eigenvalue weighted by Crippen LogP contribution is 2.49. The third kappa shape index (κ3) is 1.89. The molecule has 0 spiro atoms. The van der Waals surface area contributed by atoms with Gasteiger partial charge in [0.25, 0.3) is 0 Å². The van der Waals surface area contributed by atoms with Gasteiger partial charge < -0.3 is 9.47 Å². The summed E-state index contributed by atoms with van der Waals surface area (Å²) in [4.78, 5) is 31.5. The predicted molar refractivity (Wildman–Crippen MR) is 85.3 cm³/mol. The molecule has 23 heavy (non-hydrogen) atoms. The van der Waals surface area contributed by atoms with E-state index in [0.29, 0.717) is 18.9 Å². The van der Waals surface area contributed by atoms with Crippen LogP contribution in [-0.4, -0.2) is 39.2 Å². The topological polar surface area (TPSA) is 55.2 Å². The molecule has 1 saturated carbocycles. The molecule has 1 aliphatic carbocycles. The molecule has 1 amide bonds. The van der Waals surface area contributed by atoms with Gasteiger partial charge in [-0.1, -0.05) is 6.07 Å². The number of imidazole rings is 1. The molecule has 118 valence electrons. The van der Waals surface area contributed by atoms with Gasteiger partial charge in [0.2, 0.25) is 5.91 Å². The number of amides is 1. The van der Waals surface area contributed by atoms with Crippen LogP contribution in [0.3, 0.4) is 0 Å². The van der Waals surface area contributed by atoms with Crippen LogP contribution in [0.5, 0.6) is 0 Å². The maximum absolute atomic E-state index is 12.6. The summed E-state index contributed by atoms with van der Waals surface area (Å²) >= 11 is 0. The standard InChI is InChI=1S/C18H19N3O2/c22-15-6-9-21-16-11(15)4-3-5-14(16)19-17(21)12-10-13(12)18(23)20-7-1-2-8-20/h3-5,12-13H,1-2,6-10H2. The highest BCUT2D eigenvalue weighted by atomic mass is 16.2. The van der Waals surface area contributed by atoms with Crippen molar-refractivity contribution >= 4 is 22.7 Å². The Kier molecular flexibility index (Phi) is 2.69. The van der Waals surface area contributed by atoms with Crippen LogP contribution in [0.25, 0.3) is 11.0 Å². The second-order valence-electron chi connectivity index (χ2n) is 6.95. The van der Waals surface area contributed by atoms with Crippen LogP contribution in [0, 0.1) is 5.92 Å². The fourth-order valence-electron chi connectivity index (χ4n) is 4.21. The molecule has 2 aromatic rings. The van der Waals surface area contributed by atoms with Crippen LogP contribution >= 0.6 is 0 Å². The Labute approximate surface area is 134 Å². The Hall–Kier alpha value is -2.17. The van der Waals surface area contributed by atoms with Crippen molar-refractivity contribution < 1.29 is 9.59 Å². The van der Waals surface area contributed by atoms with Crippen molar-refractivity contribution in [2.24, 2.45) is 5.92 Å². The first-order valence-electron chi connectivity index (χ1n) is 8.55. The van der Waals surface area contributed by atoms with Gasteiger partial charge in [0, 0.05) is 43.5 Å². The average molecular weight is 309 g/mol. The summed E-state index contributed by atoms with van der Waals surface area (Å²) < 4.78 is 2.19. The zero-order valence-electron chi connectivity index (χ0n) is 13.0. The third-order valence-corrected chi connectivity index (χ3v) is 5.52. The molecule has 3 aliphatic rings. The molecule has 0 radical (unpaired) electrons. The van der Waals surface area contributed by atoms with Gasteiger partial charge in [-0.2, -0.15) is 0 Å². The van der Waals surface area contributed by atoms with E-state index in [1.807, 2.05) is 23.1 Å². The van der Waals surface area contributed by atoms with E-state index >= 15 is 0 Å². The van der Waals surface area contributed by atoms with Gasteiger partial charge in [0.05, 0.1) is 11.0 Å². The van der Waals surface area contributed by atoms with Crippen LogP contribution in [0.15, 0.2) is 18.2 Å². The average Bonchev–Trinajstić information content (AvgIpc) is 3.00. The Bertz CT molecular complexity index is 832. The van der Waals surface area contributed by atoms with Crippen molar-refractivity contribution in [3.8, 4) is 0 Å². The van der Waals surface area contributed by atoms with Gasteiger partial charge in [-0.15, -0.1) is 0 Å². The number of para-hydroxylation sites is 1. The number of carbonyl (C=O) groups excluding carboxylic acids is 2. The van der Waals surface area contributed by atoms with Gasteiger partial charge in [0.1, 0.15) is 5.82 Å². The van der Waals surface area contributed by atoms with Crippen LogP contribution in [-0.2, 0) is 11.3 Å². The molecule has 3 heterocycles. The first-order valence-corrected chi connectivity index (χ1v) is 8.55. The van der Waals surface area contributed by atoms with Gasteiger partial charge >= 0.3 is 0 Å².